The molecular formula is C34H46N6O3. The molecule has 0 unspecified atom stereocenters. The van der Waals surface area contributed by atoms with Gasteiger partial charge in [0.2, 0.25) is 11.8 Å². The minimum atomic E-state index is -0.718. The van der Waals surface area contributed by atoms with Gasteiger partial charge in [-0.2, -0.15) is 0 Å². The quantitative estimate of drug-likeness (QED) is 0.454. The summed E-state index contributed by atoms with van der Waals surface area (Å²) in [6, 6.07) is 6.35. The minimum absolute atomic E-state index is 0.220. The number of piperazine rings is 1. The summed E-state index contributed by atoms with van der Waals surface area (Å²) in [4.78, 5) is 48.2. The van der Waals surface area contributed by atoms with Crippen molar-refractivity contribution in [1.82, 2.24) is 24.7 Å². The van der Waals surface area contributed by atoms with Gasteiger partial charge >= 0.3 is 0 Å². The summed E-state index contributed by atoms with van der Waals surface area (Å²) in [7, 11) is 0. The minimum Gasteiger partial charge on any atom is -0.383 e. The maximum absolute atomic E-state index is 13.8. The summed E-state index contributed by atoms with van der Waals surface area (Å²) >= 11 is 0. The zero-order chi connectivity index (χ0) is 29.3. The van der Waals surface area contributed by atoms with E-state index in [4.69, 9.17) is 0 Å². The molecule has 9 heteroatoms. The third kappa shape index (κ3) is 5.00. The summed E-state index contributed by atoms with van der Waals surface area (Å²) in [6.45, 7) is 7.01. The SMILES string of the molecule is Cc1nc2cccc(NCCN3C[C@H]4CC[C@H](C3)N4CCC34CC5CC(CC(C5)C3)C4)c2c(=O)n1[C@@H]1CCC(=O)NC1=O. The van der Waals surface area contributed by atoms with Crippen LogP contribution in [0.4, 0.5) is 5.69 Å². The van der Waals surface area contributed by atoms with E-state index in [1.807, 2.05) is 18.2 Å². The Labute approximate surface area is 253 Å². The lowest BCUT2D eigenvalue weighted by Gasteiger charge is -2.57. The highest BCUT2D eigenvalue weighted by Crippen LogP contribution is 2.61. The predicted molar refractivity (Wildman–Crippen MR) is 166 cm³/mol. The molecule has 3 saturated heterocycles. The fourth-order valence-corrected chi connectivity index (χ4v) is 10.7. The maximum atomic E-state index is 13.8. The molecule has 2 N–H and O–H groups in total. The van der Waals surface area contributed by atoms with Gasteiger partial charge in [-0.1, -0.05) is 6.07 Å². The van der Waals surface area contributed by atoms with E-state index in [0.717, 1.165) is 49.6 Å². The summed E-state index contributed by atoms with van der Waals surface area (Å²) in [5, 5.41) is 6.43. The number of hydrogen-bond donors (Lipinski definition) is 2. The van der Waals surface area contributed by atoms with E-state index < -0.39 is 11.9 Å². The van der Waals surface area contributed by atoms with Gasteiger partial charge in [0.05, 0.1) is 10.9 Å². The van der Waals surface area contributed by atoms with Gasteiger partial charge in [-0.15, -0.1) is 0 Å². The van der Waals surface area contributed by atoms with E-state index in [1.54, 1.807) is 6.92 Å². The predicted octanol–water partition coefficient (Wildman–Crippen LogP) is 3.85. The van der Waals surface area contributed by atoms with Crippen molar-refractivity contribution in [2.45, 2.75) is 95.7 Å². The first-order valence-electron chi connectivity index (χ1n) is 16.9. The second-order valence-electron chi connectivity index (χ2n) is 15.0. The number of aryl methyl sites for hydroxylation is 1. The second-order valence-corrected chi connectivity index (χ2v) is 15.0. The van der Waals surface area contributed by atoms with Gasteiger partial charge in [-0.3, -0.25) is 34.1 Å². The first-order chi connectivity index (χ1) is 20.8. The Balaban J connectivity index is 0.906. The van der Waals surface area contributed by atoms with Crippen LogP contribution in [0.15, 0.2) is 23.0 Å². The number of carbonyl (C=O) groups excluding carboxylic acids is 2. The average Bonchev–Trinajstić information content (AvgIpc) is 3.19. The van der Waals surface area contributed by atoms with Crippen molar-refractivity contribution in [2.75, 3.05) is 38.0 Å². The van der Waals surface area contributed by atoms with Crippen LogP contribution in [-0.4, -0.2) is 76.0 Å². The molecule has 4 saturated carbocycles. The van der Waals surface area contributed by atoms with Gasteiger partial charge in [0.15, 0.2) is 0 Å². The number of piperidine rings is 1. The number of imide groups is 1. The van der Waals surface area contributed by atoms with Crippen LogP contribution in [0, 0.1) is 30.1 Å². The van der Waals surface area contributed by atoms with Crippen molar-refractivity contribution in [1.29, 1.82) is 0 Å². The monoisotopic (exact) mass is 586 g/mol. The van der Waals surface area contributed by atoms with Crippen LogP contribution in [0.3, 0.4) is 0 Å². The molecule has 1 aromatic heterocycles. The molecule has 0 spiro atoms. The molecule has 7 fully saturated rings. The third-order valence-corrected chi connectivity index (χ3v) is 12.1. The summed E-state index contributed by atoms with van der Waals surface area (Å²) in [6.07, 6.45) is 13.7. The van der Waals surface area contributed by atoms with Crippen LogP contribution in [0.25, 0.3) is 10.9 Å². The lowest BCUT2D eigenvalue weighted by Crippen LogP contribution is -2.55. The van der Waals surface area contributed by atoms with Crippen LogP contribution in [-0.2, 0) is 9.59 Å². The molecule has 4 aliphatic carbocycles. The number of carbonyl (C=O) groups is 2. The molecule has 2 aromatic rings. The van der Waals surface area contributed by atoms with Crippen molar-refractivity contribution in [3.05, 3.63) is 34.4 Å². The van der Waals surface area contributed by atoms with Crippen LogP contribution in [0.5, 0.6) is 0 Å². The summed E-state index contributed by atoms with van der Waals surface area (Å²) < 4.78 is 1.47. The summed E-state index contributed by atoms with van der Waals surface area (Å²) in [5.74, 6) is 2.87. The fourth-order valence-electron chi connectivity index (χ4n) is 10.7. The first-order valence-corrected chi connectivity index (χ1v) is 16.9. The van der Waals surface area contributed by atoms with Crippen molar-refractivity contribution < 1.29 is 9.59 Å². The van der Waals surface area contributed by atoms with E-state index in [-0.39, 0.29) is 17.9 Å². The van der Waals surface area contributed by atoms with Crippen molar-refractivity contribution >= 4 is 28.4 Å². The van der Waals surface area contributed by atoms with E-state index in [1.165, 1.54) is 68.9 Å². The molecule has 0 radical (unpaired) electrons. The van der Waals surface area contributed by atoms with Gasteiger partial charge in [-0.25, -0.2) is 4.98 Å². The molecule has 4 heterocycles. The highest BCUT2D eigenvalue weighted by atomic mass is 16.2. The largest absolute Gasteiger partial charge is 0.383 e. The van der Waals surface area contributed by atoms with Gasteiger partial charge in [-0.05, 0) is 113 Å². The number of hydrogen-bond acceptors (Lipinski definition) is 7. The normalized spacial score (nSPS) is 35.6. The molecular weight excluding hydrogens is 540 g/mol. The Kier molecular flexibility index (Phi) is 6.90. The fraction of sp³-hybridized carbons (Fsp3) is 0.706. The molecule has 43 heavy (non-hydrogen) atoms. The highest BCUT2D eigenvalue weighted by Gasteiger charge is 2.51. The van der Waals surface area contributed by atoms with Crippen LogP contribution < -0.4 is 16.2 Å². The third-order valence-electron chi connectivity index (χ3n) is 12.1. The number of rotatable bonds is 8. The van der Waals surface area contributed by atoms with Crippen molar-refractivity contribution in [3.63, 3.8) is 0 Å². The number of amides is 2. The molecule has 9 nitrogen and oxygen atoms in total. The number of likely N-dealkylation sites (tertiary alicyclic amines) is 1. The summed E-state index contributed by atoms with van der Waals surface area (Å²) in [5.41, 5.74) is 1.82. The lowest BCUT2D eigenvalue weighted by atomic mass is 9.49. The van der Waals surface area contributed by atoms with Crippen LogP contribution >= 0.6 is 0 Å². The Bertz CT molecular complexity index is 1450. The van der Waals surface area contributed by atoms with E-state index in [2.05, 4.69) is 25.4 Å². The average molecular weight is 587 g/mol. The van der Waals surface area contributed by atoms with Crippen LogP contribution in [0.2, 0.25) is 0 Å². The standard InChI is InChI=1S/C34H46N6O3/c1-21-36-28-4-2-3-27(31(28)33(43)40(21)29-7-8-30(41)37-32(29)42)35-10-12-38-19-25-5-6-26(20-38)39(25)11-9-34-16-22-13-23(17-34)15-24(14-22)18-34/h2-4,22-26,29,35H,5-20H2,1H3,(H,37,41,42)/t22?,23?,24?,25-,26-,29-,34?/m1/s1. The number of aromatic nitrogens is 2. The molecule has 3 atom stereocenters. The number of anilines is 1. The van der Waals surface area contributed by atoms with Gasteiger partial charge in [0.25, 0.3) is 5.56 Å². The Morgan fingerprint density at radius 1 is 0.953 bits per heavy atom. The van der Waals surface area contributed by atoms with Crippen LogP contribution in [0.1, 0.15) is 82.5 Å². The molecule has 2 amide bonds. The Hall–Kier alpha value is -2.78. The van der Waals surface area contributed by atoms with Gasteiger partial charge in [0.1, 0.15) is 11.9 Å². The maximum Gasteiger partial charge on any atom is 0.264 e. The second kappa shape index (κ2) is 10.7. The van der Waals surface area contributed by atoms with Crippen molar-refractivity contribution in [2.24, 2.45) is 23.2 Å². The molecule has 9 rings (SSSR count). The zero-order valence-electron chi connectivity index (χ0n) is 25.5. The molecule has 7 aliphatic rings. The number of nitrogens with zero attached hydrogens (tertiary/aromatic N) is 4. The topological polar surface area (TPSA) is 99.6 Å². The molecule has 230 valence electrons. The van der Waals surface area contributed by atoms with Gasteiger partial charge in [0, 0.05) is 50.4 Å². The zero-order valence-corrected chi connectivity index (χ0v) is 25.5. The molecule has 3 aliphatic heterocycles. The molecule has 1 aromatic carbocycles. The lowest BCUT2D eigenvalue weighted by molar-refractivity contribution is -0.135. The first kappa shape index (κ1) is 27.7. The van der Waals surface area contributed by atoms with E-state index in [0.29, 0.717) is 40.6 Å². The van der Waals surface area contributed by atoms with E-state index in [9.17, 15) is 14.4 Å². The Morgan fingerprint density at radius 3 is 2.33 bits per heavy atom. The highest BCUT2D eigenvalue weighted by molar-refractivity contribution is 5.99. The van der Waals surface area contributed by atoms with E-state index >= 15 is 0 Å². The number of fused-ring (bicyclic) bond motifs is 3. The Morgan fingerprint density at radius 2 is 1.65 bits per heavy atom. The molecule has 6 bridgehead atoms. The van der Waals surface area contributed by atoms with Crippen molar-refractivity contribution in [3.8, 4) is 0 Å². The smallest absolute Gasteiger partial charge is 0.264 e. The van der Waals surface area contributed by atoms with Gasteiger partial charge < -0.3 is 5.32 Å². The number of benzene rings is 1. The number of nitrogens with one attached hydrogen (secondary N) is 2.